The van der Waals surface area contributed by atoms with Crippen molar-refractivity contribution in [2.45, 2.75) is 70.6 Å². The van der Waals surface area contributed by atoms with Crippen LogP contribution in [-0.2, 0) is 4.74 Å². The lowest BCUT2D eigenvalue weighted by Gasteiger charge is -2.23. The Balaban J connectivity index is 2.37. The van der Waals surface area contributed by atoms with Crippen LogP contribution in [0.2, 0.25) is 0 Å². The number of aliphatic hydroxyl groups excluding tert-OH is 1. The van der Waals surface area contributed by atoms with Gasteiger partial charge in [0.25, 0.3) is 0 Å². The molecule has 1 rings (SSSR count). The van der Waals surface area contributed by atoms with Gasteiger partial charge in [-0.25, -0.2) is 4.79 Å². The number of rotatable bonds is 1. The number of alkyl carbamates (subject to hydrolysis) is 1. The van der Waals surface area contributed by atoms with Crippen LogP contribution in [0.25, 0.3) is 0 Å². The average molecular weight is 229 g/mol. The molecule has 0 unspecified atom stereocenters. The molecule has 2 atom stereocenters. The molecule has 1 saturated carbocycles. The number of amides is 1. The molecule has 1 fully saturated rings. The Bertz CT molecular complexity index is 235. The summed E-state index contributed by atoms with van der Waals surface area (Å²) < 4.78 is 5.31. The third-order valence-corrected chi connectivity index (χ3v) is 2.60. The van der Waals surface area contributed by atoms with Gasteiger partial charge in [-0.05, 0) is 40.0 Å². The van der Waals surface area contributed by atoms with Crippen LogP contribution in [0.4, 0.5) is 4.79 Å². The van der Waals surface area contributed by atoms with Crippen molar-refractivity contribution < 1.29 is 14.6 Å². The zero-order chi connectivity index (χ0) is 12.2. The quantitative estimate of drug-likeness (QED) is 0.678. The number of aliphatic hydroxyl groups is 1. The zero-order valence-electron chi connectivity index (χ0n) is 10.5. The molecule has 0 aromatic heterocycles. The van der Waals surface area contributed by atoms with E-state index in [-0.39, 0.29) is 23.8 Å². The summed E-state index contributed by atoms with van der Waals surface area (Å²) in [6.07, 6.45) is 3.43. The Morgan fingerprint density at radius 2 is 1.94 bits per heavy atom. The molecule has 0 saturated heterocycles. The van der Waals surface area contributed by atoms with Gasteiger partial charge in [0.1, 0.15) is 6.10 Å². The molecule has 0 aliphatic heterocycles. The molecule has 0 bridgehead atoms. The summed E-state index contributed by atoms with van der Waals surface area (Å²) in [6, 6.07) is 0. The minimum absolute atomic E-state index is 0.139. The lowest BCUT2D eigenvalue weighted by atomic mass is 10.1. The first-order valence-corrected chi connectivity index (χ1v) is 6.04. The first-order chi connectivity index (χ1) is 7.37. The number of carbonyl (C=O) groups is 1. The Hall–Kier alpha value is -0.770. The molecule has 1 aliphatic carbocycles. The summed E-state index contributed by atoms with van der Waals surface area (Å²) in [4.78, 5) is 11.5. The summed E-state index contributed by atoms with van der Waals surface area (Å²) in [7, 11) is 0. The van der Waals surface area contributed by atoms with Gasteiger partial charge in [0.2, 0.25) is 0 Å². The van der Waals surface area contributed by atoms with Crippen molar-refractivity contribution in [2.24, 2.45) is 0 Å². The minimum atomic E-state index is -0.383. The van der Waals surface area contributed by atoms with Gasteiger partial charge in [0, 0.05) is 12.0 Å². The topological polar surface area (TPSA) is 58.6 Å². The Labute approximate surface area is 97.4 Å². The average Bonchev–Trinajstić information content (AvgIpc) is 2.26. The lowest BCUT2D eigenvalue weighted by Crippen LogP contribution is -2.42. The first-order valence-electron chi connectivity index (χ1n) is 6.04. The SMILES string of the molecule is CC(C)(C)NC(=O)O[C@H]1CCCC[C@H](O)C1. The monoisotopic (exact) mass is 229 g/mol. The standard InChI is InChI=1S/C12H23NO3/c1-12(2,3)13-11(15)16-10-7-5-4-6-9(14)8-10/h9-10,14H,4-8H2,1-3H3,(H,13,15)/t9-,10-/m0/s1. The molecule has 0 radical (unpaired) electrons. The van der Waals surface area contributed by atoms with Gasteiger partial charge in [0.05, 0.1) is 6.10 Å². The smallest absolute Gasteiger partial charge is 0.407 e. The molecule has 94 valence electrons. The fourth-order valence-corrected chi connectivity index (χ4v) is 1.89. The van der Waals surface area contributed by atoms with E-state index in [0.29, 0.717) is 6.42 Å². The Morgan fingerprint density at radius 3 is 2.56 bits per heavy atom. The van der Waals surface area contributed by atoms with Gasteiger partial charge in [-0.1, -0.05) is 6.42 Å². The largest absolute Gasteiger partial charge is 0.446 e. The Kier molecular flexibility index (Phi) is 4.59. The van der Waals surface area contributed by atoms with Gasteiger partial charge in [0.15, 0.2) is 0 Å². The van der Waals surface area contributed by atoms with Gasteiger partial charge in [-0.2, -0.15) is 0 Å². The van der Waals surface area contributed by atoms with Crippen LogP contribution in [0, 0.1) is 0 Å². The summed E-state index contributed by atoms with van der Waals surface area (Å²) in [5.41, 5.74) is -0.277. The molecule has 4 heteroatoms. The summed E-state index contributed by atoms with van der Waals surface area (Å²) in [5, 5.41) is 12.4. The highest BCUT2D eigenvalue weighted by Crippen LogP contribution is 2.20. The molecule has 16 heavy (non-hydrogen) atoms. The van der Waals surface area contributed by atoms with Crippen LogP contribution in [0.1, 0.15) is 52.9 Å². The predicted molar refractivity (Wildman–Crippen MR) is 62.2 cm³/mol. The van der Waals surface area contributed by atoms with E-state index in [4.69, 9.17) is 4.74 Å². The normalized spacial score (nSPS) is 27.0. The molecule has 0 aromatic rings. The zero-order valence-corrected chi connectivity index (χ0v) is 10.5. The van der Waals surface area contributed by atoms with Crippen molar-refractivity contribution in [3.8, 4) is 0 Å². The fraction of sp³-hybridized carbons (Fsp3) is 0.917. The molecule has 0 spiro atoms. The summed E-state index contributed by atoms with van der Waals surface area (Å²) >= 11 is 0. The number of hydrogen-bond donors (Lipinski definition) is 2. The van der Waals surface area contributed by atoms with Gasteiger partial charge in [-0.15, -0.1) is 0 Å². The summed E-state index contributed by atoms with van der Waals surface area (Å²) in [5.74, 6) is 0. The molecule has 2 N–H and O–H groups in total. The highest BCUT2D eigenvalue weighted by atomic mass is 16.6. The molecule has 4 nitrogen and oxygen atoms in total. The van der Waals surface area contributed by atoms with Crippen LogP contribution < -0.4 is 5.32 Å². The van der Waals surface area contributed by atoms with Gasteiger partial charge >= 0.3 is 6.09 Å². The summed E-state index contributed by atoms with van der Waals surface area (Å²) in [6.45, 7) is 5.74. The van der Waals surface area contributed by atoms with Crippen molar-refractivity contribution in [3.05, 3.63) is 0 Å². The molecular weight excluding hydrogens is 206 g/mol. The highest BCUT2D eigenvalue weighted by molar-refractivity contribution is 5.68. The second kappa shape index (κ2) is 5.53. The first kappa shape index (κ1) is 13.3. The third kappa shape index (κ3) is 5.35. The van der Waals surface area contributed by atoms with Crippen LogP contribution in [-0.4, -0.2) is 28.9 Å². The number of carbonyl (C=O) groups excluding carboxylic acids is 1. The van der Waals surface area contributed by atoms with E-state index in [1.165, 1.54) is 0 Å². The van der Waals surface area contributed by atoms with E-state index in [1.54, 1.807) is 0 Å². The van der Waals surface area contributed by atoms with Crippen molar-refractivity contribution in [1.82, 2.24) is 5.32 Å². The maximum absolute atomic E-state index is 11.5. The van der Waals surface area contributed by atoms with Gasteiger partial charge in [-0.3, -0.25) is 0 Å². The van der Waals surface area contributed by atoms with Gasteiger partial charge < -0.3 is 15.2 Å². The predicted octanol–water partition coefficient (Wildman–Crippen LogP) is 2.20. The minimum Gasteiger partial charge on any atom is -0.446 e. The second-order valence-corrected chi connectivity index (χ2v) is 5.58. The molecule has 1 aliphatic rings. The van der Waals surface area contributed by atoms with E-state index < -0.39 is 0 Å². The number of hydrogen-bond acceptors (Lipinski definition) is 3. The van der Waals surface area contributed by atoms with E-state index in [1.807, 2.05) is 20.8 Å². The van der Waals surface area contributed by atoms with Crippen molar-refractivity contribution in [2.75, 3.05) is 0 Å². The van der Waals surface area contributed by atoms with E-state index in [2.05, 4.69) is 5.32 Å². The maximum atomic E-state index is 11.5. The second-order valence-electron chi connectivity index (χ2n) is 5.58. The maximum Gasteiger partial charge on any atom is 0.407 e. The van der Waals surface area contributed by atoms with E-state index in [9.17, 15) is 9.90 Å². The van der Waals surface area contributed by atoms with E-state index >= 15 is 0 Å². The van der Waals surface area contributed by atoms with Crippen molar-refractivity contribution in [3.63, 3.8) is 0 Å². The van der Waals surface area contributed by atoms with Crippen molar-refractivity contribution in [1.29, 1.82) is 0 Å². The lowest BCUT2D eigenvalue weighted by molar-refractivity contribution is 0.0531. The van der Waals surface area contributed by atoms with Crippen LogP contribution in [0.3, 0.4) is 0 Å². The molecule has 0 aromatic carbocycles. The van der Waals surface area contributed by atoms with Crippen molar-refractivity contribution >= 4 is 6.09 Å². The van der Waals surface area contributed by atoms with Crippen LogP contribution in [0.15, 0.2) is 0 Å². The fourth-order valence-electron chi connectivity index (χ4n) is 1.89. The molecular formula is C12H23NO3. The highest BCUT2D eigenvalue weighted by Gasteiger charge is 2.23. The molecule has 0 heterocycles. The van der Waals surface area contributed by atoms with Crippen LogP contribution in [0.5, 0.6) is 0 Å². The number of nitrogens with one attached hydrogen (secondary N) is 1. The number of ether oxygens (including phenoxy) is 1. The molecule has 1 amide bonds. The third-order valence-electron chi connectivity index (χ3n) is 2.60. The Morgan fingerprint density at radius 1 is 1.31 bits per heavy atom. The van der Waals surface area contributed by atoms with E-state index in [0.717, 1.165) is 25.7 Å². The van der Waals surface area contributed by atoms with Crippen LogP contribution >= 0.6 is 0 Å².